The second-order valence-electron chi connectivity index (χ2n) is 3.88. The monoisotopic (exact) mass is 252 g/mol. The fourth-order valence-corrected chi connectivity index (χ4v) is 1.56. The summed E-state index contributed by atoms with van der Waals surface area (Å²) in [4.78, 5) is 13.5. The molecule has 0 atom stereocenters. The summed E-state index contributed by atoms with van der Waals surface area (Å²) in [5.41, 5.74) is 6.23. The molecule has 0 spiro atoms. The lowest BCUT2D eigenvalue weighted by Crippen LogP contribution is -2.35. The van der Waals surface area contributed by atoms with E-state index in [1.165, 1.54) is 0 Å². The maximum atomic E-state index is 11.8. The largest absolute Gasteiger partial charge is 0.482 e. The van der Waals surface area contributed by atoms with Crippen LogP contribution in [0.1, 0.15) is 13.3 Å². The minimum absolute atomic E-state index is 0.0342. The lowest BCUT2D eigenvalue weighted by atomic mass is 10.3. The van der Waals surface area contributed by atoms with Gasteiger partial charge in [-0.15, -0.1) is 0 Å². The van der Waals surface area contributed by atoms with E-state index >= 15 is 0 Å². The zero-order valence-electron chi connectivity index (χ0n) is 10.6. The van der Waals surface area contributed by atoms with E-state index in [2.05, 4.69) is 0 Å². The Hall–Kier alpha value is -1.75. The van der Waals surface area contributed by atoms with Gasteiger partial charge in [-0.05, 0) is 25.5 Å². The van der Waals surface area contributed by atoms with Crippen molar-refractivity contribution in [1.82, 2.24) is 4.90 Å². The Morgan fingerprint density at radius 2 is 2.17 bits per heavy atom. The molecule has 0 radical (unpaired) electrons. The molecule has 0 fully saturated rings. The third kappa shape index (κ3) is 4.25. The molecule has 1 rings (SSSR count). The fraction of sp³-hybridized carbons (Fsp3) is 0.462. The van der Waals surface area contributed by atoms with Crippen LogP contribution in [-0.4, -0.2) is 42.2 Å². The Kier molecular flexibility index (Phi) is 6.00. The molecule has 18 heavy (non-hydrogen) atoms. The van der Waals surface area contributed by atoms with E-state index < -0.39 is 0 Å². The van der Waals surface area contributed by atoms with Gasteiger partial charge in [0.1, 0.15) is 5.75 Å². The Labute approximate surface area is 107 Å². The molecule has 0 unspecified atom stereocenters. The van der Waals surface area contributed by atoms with Crippen LogP contribution in [0.3, 0.4) is 0 Å². The zero-order valence-corrected chi connectivity index (χ0v) is 10.6. The summed E-state index contributed by atoms with van der Waals surface area (Å²) >= 11 is 0. The minimum atomic E-state index is -0.103. The van der Waals surface area contributed by atoms with Gasteiger partial charge in [-0.1, -0.05) is 12.1 Å². The molecule has 3 N–H and O–H groups in total. The Morgan fingerprint density at radius 3 is 2.78 bits per heavy atom. The van der Waals surface area contributed by atoms with E-state index in [1.807, 2.05) is 13.0 Å². The van der Waals surface area contributed by atoms with Gasteiger partial charge in [0.2, 0.25) is 0 Å². The highest BCUT2D eigenvalue weighted by Crippen LogP contribution is 2.19. The molecule has 5 nitrogen and oxygen atoms in total. The van der Waals surface area contributed by atoms with Gasteiger partial charge in [-0.25, -0.2) is 0 Å². The van der Waals surface area contributed by atoms with Crippen LogP contribution in [0, 0.1) is 0 Å². The first kappa shape index (κ1) is 14.3. The summed E-state index contributed by atoms with van der Waals surface area (Å²) in [5.74, 6) is 0.415. The number of likely N-dealkylation sites (N-methyl/N-ethyl adjacent to an activating group) is 1. The van der Waals surface area contributed by atoms with Crippen molar-refractivity contribution in [2.45, 2.75) is 13.3 Å². The van der Waals surface area contributed by atoms with Crippen molar-refractivity contribution in [2.24, 2.45) is 0 Å². The number of anilines is 1. The van der Waals surface area contributed by atoms with Crippen molar-refractivity contribution in [3.8, 4) is 5.75 Å². The first-order valence-electron chi connectivity index (χ1n) is 6.05. The highest BCUT2D eigenvalue weighted by molar-refractivity contribution is 5.78. The lowest BCUT2D eigenvalue weighted by molar-refractivity contribution is -0.133. The molecule has 0 aliphatic carbocycles. The number of nitrogens with two attached hydrogens (primary N) is 1. The van der Waals surface area contributed by atoms with Gasteiger partial charge in [0.15, 0.2) is 6.61 Å². The lowest BCUT2D eigenvalue weighted by Gasteiger charge is -2.20. The maximum Gasteiger partial charge on any atom is 0.260 e. The second kappa shape index (κ2) is 7.55. The average molecular weight is 252 g/mol. The third-order valence-electron chi connectivity index (χ3n) is 2.59. The number of nitrogen functional groups attached to an aromatic ring is 1. The average Bonchev–Trinajstić information content (AvgIpc) is 2.38. The predicted molar refractivity (Wildman–Crippen MR) is 70.3 cm³/mol. The summed E-state index contributed by atoms with van der Waals surface area (Å²) in [6, 6.07) is 7.07. The number of hydrogen-bond acceptors (Lipinski definition) is 4. The summed E-state index contributed by atoms with van der Waals surface area (Å²) < 4.78 is 5.38. The molecule has 5 heteroatoms. The van der Waals surface area contributed by atoms with Gasteiger partial charge in [0.05, 0.1) is 5.69 Å². The summed E-state index contributed by atoms with van der Waals surface area (Å²) in [6.07, 6.45) is 0.576. The van der Waals surface area contributed by atoms with E-state index in [1.54, 1.807) is 23.1 Å². The van der Waals surface area contributed by atoms with Crippen molar-refractivity contribution in [3.63, 3.8) is 0 Å². The minimum Gasteiger partial charge on any atom is -0.482 e. The third-order valence-corrected chi connectivity index (χ3v) is 2.59. The van der Waals surface area contributed by atoms with E-state index in [0.717, 1.165) is 0 Å². The predicted octanol–water partition coefficient (Wildman–Crippen LogP) is 0.878. The number of nitrogens with zero attached hydrogens (tertiary/aromatic N) is 1. The van der Waals surface area contributed by atoms with Crippen molar-refractivity contribution < 1.29 is 14.6 Å². The molecule has 0 saturated carbocycles. The molecule has 100 valence electrons. The number of aliphatic hydroxyl groups is 1. The normalized spacial score (nSPS) is 10.1. The van der Waals surface area contributed by atoms with Gasteiger partial charge in [0, 0.05) is 19.7 Å². The Balaban J connectivity index is 2.47. The van der Waals surface area contributed by atoms with Crippen LogP contribution in [0.2, 0.25) is 0 Å². The first-order chi connectivity index (χ1) is 8.69. The molecule has 1 aromatic rings. The fourth-order valence-electron chi connectivity index (χ4n) is 1.56. The van der Waals surface area contributed by atoms with Crippen LogP contribution in [0.4, 0.5) is 5.69 Å². The van der Waals surface area contributed by atoms with Gasteiger partial charge in [-0.2, -0.15) is 0 Å². The van der Waals surface area contributed by atoms with Crippen molar-refractivity contribution in [1.29, 1.82) is 0 Å². The van der Waals surface area contributed by atoms with Crippen LogP contribution in [-0.2, 0) is 4.79 Å². The molecule has 0 aliphatic rings. The number of benzene rings is 1. The molecule has 1 aromatic carbocycles. The highest BCUT2D eigenvalue weighted by atomic mass is 16.5. The SMILES string of the molecule is CCN(CCCO)C(=O)COc1ccccc1N. The van der Waals surface area contributed by atoms with Crippen molar-refractivity contribution in [2.75, 3.05) is 32.0 Å². The molecule has 0 heterocycles. The highest BCUT2D eigenvalue weighted by Gasteiger charge is 2.12. The smallest absolute Gasteiger partial charge is 0.260 e. The first-order valence-corrected chi connectivity index (χ1v) is 6.05. The van der Waals surface area contributed by atoms with Crippen LogP contribution in [0.25, 0.3) is 0 Å². The number of para-hydroxylation sites is 2. The molecular formula is C13H20N2O3. The summed E-state index contributed by atoms with van der Waals surface area (Å²) in [6.45, 7) is 3.09. The molecule has 0 aliphatic heterocycles. The van der Waals surface area contributed by atoms with Gasteiger partial charge in [-0.3, -0.25) is 4.79 Å². The number of amides is 1. The maximum absolute atomic E-state index is 11.8. The van der Waals surface area contributed by atoms with Gasteiger partial charge in [0.25, 0.3) is 5.91 Å². The molecular weight excluding hydrogens is 232 g/mol. The second-order valence-corrected chi connectivity index (χ2v) is 3.88. The van der Waals surface area contributed by atoms with Crippen LogP contribution in [0.15, 0.2) is 24.3 Å². The van der Waals surface area contributed by atoms with Gasteiger partial charge >= 0.3 is 0 Å². The number of carbonyl (C=O) groups excluding carboxylic acids is 1. The topological polar surface area (TPSA) is 75.8 Å². The molecule has 1 amide bonds. The molecule has 0 bridgehead atoms. The van der Waals surface area contributed by atoms with Crippen LogP contribution >= 0.6 is 0 Å². The van der Waals surface area contributed by atoms with Crippen molar-refractivity contribution >= 4 is 11.6 Å². The Bertz CT molecular complexity index is 382. The quantitative estimate of drug-likeness (QED) is 0.706. The summed E-state index contributed by atoms with van der Waals surface area (Å²) in [7, 11) is 0. The zero-order chi connectivity index (χ0) is 13.4. The van der Waals surface area contributed by atoms with E-state index in [4.69, 9.17) is 15.6 Å². The van der Waals surface area contributed by atoms with E-state index in [9.17, 15) is 4.79 Å². The number of aliphatic hydroxyl groups excluding tert-OH is 1. The molecule has 0 aromatic heterocycles. The number of hydrogen-bond donors (Lipinski definition) is 2. The number of ether oxygens (including phenoxy) is 1. The standard InChI is InChI=1S/C13H20N2O3/c1-2-15(8-5-9-16)13(17)10-18-12-7-4-3-6-11(12)14/h3-4,6-7,16H,2,5,8-10,14H2,1H3. The number of carbonyl (C=O) groups is 1. The summed E-state index contributed by atoms with van der Waals surface area (Å²) in [5, 5.41) is 8.75. The Morgan fingerprint density at radius 1 is 1.44 bits per heavy atom. The van der Waals surface area contributed by atoms with Crippen molar-refractivity contribution in [3.05, 3.63) is 24.3 Å². The van der Waals surface area contributed by atoms with Crippen LogP contribution in [0.5, 0.6) is 5.75 Å². The van der Waals surface area contributed by atoms with E-state index in [-0.39, 0.29) is 19.1 Å². The van der Waals surface area contributed by atoms with Gasteiger partial charge < -0.3 is 20.5 Å². The van der Waals surface area contributed by atoms with E-state index in [0.29, 0.717) is 30.9 Å². The van der Waals surface area contributed by atoms with Crippen LogP contribution < -0.4 is 10.5 Å². The number of rotatable bonds is 7. The molecule has 0 saturated heterocycles.